The Kier molecular flexibility index (Phi) is 4.06. The van der Waals surface area contributed by atoms with Crippen LogP contribution >= 0.6 is 0 Å². The van der Waals surface area contributed by atoms with Gasteiger partial charge in [-0.15, -0.1) is 0 Å². The van der Waals surface area contributed by atoms with Gasteiger partial charge in [-0.25, -0.2) is 0 Å². The van der Waals surface area contributed by atoms with E-state index in [1.807, 2.05) is 0 Å². The van der Waals surface area contributed by atoms with Gasteiger partial charge in [-0.05, 0) is 0 Å². The van der Waals surface area contributed by atoms with E-state index in [0.29, 0.717) is 19.2 Å². The maximum atomic E-state index is 2.32. The third kappa shape index (κ3) is 6.71. The van der Waals surface area contributed by atoms with Crippen LogP contribution in [0.1, 0.15) is 27.7 Å². The van der Waals surface area contributed by atoms with Gasteiger partial charge in [0.05, 0.1) is 0 Å². The molecule has 0 aromatic rings. The average molecular weight is 134 g/mol. The number of hydrogen-bond acceptors (Lipinski definition) is 0. The summed E-state index contributed by atoms with van der Waals surface area (Å²) in [6.45, 7) is 9.28. The Balaban J connectivity index is 2.95. The van der Waals surface area contributed by atoms with Crippen LogP contribution in [0, 0.1) is 0 Å². The summed E-state index contributed by atoms with van der Waals surface area (Å²) in [7, 11) is 0. The summed E-state index contributed by atoms with van der Waals surface area (Å²) in [4.78, 5) is 0. The summed E-state index contributed by atoms with van der Waals surface area (Å²) in [6, 6.07) is 0. The number of rotatable bonds is 2. The van der Waals surface area contributed by atoms with Crippen molar-refractivity contribution in [1.82, 2.24) is 0 Å². The van der Waals surface area contributed by atoms with E-state index in [1.54, 1.807) is 0 Å². The van der Waals surface area contributed by atoms with Gasteiger partial charge in [-0.2, -0.15) is 0 Å². The first-order valence-electron chi connectivity index (χ1n) is 2.89. The van der Waals surface area contributed by atoms with Crippen LogP contribution in [0.15, 0.2) is 0 Å². The summed E-state index contributed by atoms with van der Waals surface area (Å²) >= 11 is 0.389. The van der Waals surface area contributed by atoms with Gasteiger partial charge in [-0.3, -0.25) is 0 Å². The van der Waals surface area contributed by atoms with Crippen molar-refractivity contribution in [3.05, 3.63) is 0 Å². The molecule has 0 fully saturated rings. The molecule has 1 heteroatoms. The van der Waals surface area contributed by atoms with E-state index in [9.17, 15) is 0 Å². The summed E-state index contributed by atoms with van der Waals surface area (Å²) in [6.07, 6.45) is 0. The van der Waals surface area contributed by atoms with Crippen LogP contribution in [-0.4, -0.2) is 0 Å². The molecule has 7 heavy (non-hydrogen) atoms. The van der Waals surface area contributed by atoms with Crippen LogP contribution in [-0.2, 0) is 19.2 Å². The van der Waals surface area contributed by atoms with Gasteiger partial charge >= 0.3 is 55.3 Å². The maximum absolute atomic E-state index is 2.32. The third-order valence-electron chi connectivity index (χ3n) is 0.667. The molecule has 0 aliphatic rings. The molecule has 0 saturated heterocycles. The normalized spacial score (nSPS) is 10.0. The zero-order chi connectivity index (χ0) is 5.86. The summed E-state index contributed by atoms with van der Waals surface area (Å²) in [5.74, 6) is 0. The standard InChI is InChI=1S/2C3H7.Ti/c2*1-3-2;/h2*3H,1-2H3;/q;;+2. The third-order valence-corrected chi connectivity index (χ3v) is 2.75. The van der Waals surface area contributed by atoms with Crippen molar-refractivity contribution >= 4 is 0 Å². The van der Waals surface area contributed by atoms with E-state index in [-0.39, 0.29) is 0 Å². The Morgan fingerprint density at radius 1 is 0.857 bits per heavy atom. The van der Waals surface area contributed by atoms with E-state index in [2.05, 4.69) is 27.7 Å². The summed E-state index contributed by atoms with van der Waals surface area (Å²) in [5.41, 5.74) is 0. The number of hydrogen-bond donors (Lipinski definition) is 0. The van der Waals surface area contributed by atoms with Gasteiger partial charge in [0.15, 0.2) is 0 Å². The fraction of sp³-hybridized carbons (Fsp3) is 1.00. The molecule has 0 aliphatic heterocycles. The molecule has 0 unspecified atom stereocenters. The molecule has 40 valence electrons. The molecule has 0 aliphatic carbocycles. The fourth-order valence-corrected chi connectivity index (χ4v) is 2.75. The SMILES string of the molecule is C[CH](C)[Ti+2][CH](C)C. The van der Waals surface area contributed by atoms with Crippen LogP contribution in [0.2, 0.25) is 8.45 Å². The molecule has 0 aromatic heterocycles. The Labute approximate surface area is 55.6 Å². The average Bonchev–Trinajstić information content (AvgIpc) is 1.27. The first kappa shape index (κ1) is 7.71. The molecule has 0 rings (SSSR count). The van der Waals surface area contributed by atoms with Crippen molar-refractivity contribution in [2.75, 3.05) is 0 Å². The first-order valence-corrected chi connectivity index (χ1v) is 4.69. The Morgan fingerprint density at radius 2 is 1.14 bits per heavy atom. The second kappa shape index (κ2) is 3.68. The molecule has 0 spiro atoms. The molecule has 0 saturated carbocycles. The van der Waals surface area contributed by atoms with Crippen molar-refractivity contribution < 1.29 is 19.2 Å². The van der Waals surface area contributed by atoms with Crippen molar-refractivity contribution in [2.45, 2.75) is 36.1 Å². The molecular weight excluding hydrogens is 120 g/mol. The van der Waals surface area contributed by atoms with E-state index < -0.39 is 0 Å². The molecule has 0 amide bonds. The zero-order valence-corrected chi connectivity index (χ0v) is 7.22. The van der Waals surface area contributed by atoms with Crippen LogP contribution in [0.5, 0.6) is 0 Å². The van der Waals surface area contributed by atoms with Crippen LogP contribution in [0.25, 0.3) is 0 Å². The fourth-order valence-electron chi connectivity index (χ4n) is 0.667. The molecule has 0 radical (unpaired) electrons. The Hall–Kier alpha value is 0.714. The molecule has 0 atom stereocenters. The summed E-state index contributed by atoms with van der Waals surface area (Å²) < 4.78 is 2.00. The molecule has 0 N–H and O–H groups in total. The molecule has 0 aromatic carbocycles. The van der Waals surface area contributed by atoms with Gasteiger partial charge in [0.25, 0.3) is 0 Å². The quantitative estimate of drug-likeness (QED) is 0.509. The second-order valence-corrected chi connectivity index (χ2v) is 6.60. The first-order chi connectivity index (χ1) is 3.13. The Bertz CT molecular complexity index is 33.4. The van der Waals surface area contributed by atoms with Gasteiger partial charge in [0.1, 0.15) is 0 Å². The predicted molar refractivity (Wildman–Crippen MR) is 30.2 cm³/mol. The monoisotopic (exact) mass is 134 g/mol. The van der Waals surface area contributed by atoms with E-state index in [0.717, 1.165) is 8.45 Å². The van der Waals surface area contributed by atoms with E-state index in [1.165, 1.54) is 0 Å². The van der Waals surface area contributed by atoms with Crippen molar-refractivity contribution in [3.8, 4) is 0 Å². The molecular formula is C6H14Ti+2. The van der Waals surface area contributed by atoms with Crippen LogP contribution in [0.4, 0.5) is 0 Å². The van der Waals surface area contributed by atoms with E-state index >= 15 is 0 Å². The predicted octanol–water partition coefficient (Wildman–Crippen LogP) is 2.73. The van der Waals surface area contributed by atoms with Gasteiger partial charge in [-0.1, -0.05) is 0 Å². The molecule has 0 heterocycles. The zero-order valence-electron chi connectivity index (χ0n) is 5.65. The topological polar surface area (TPSA) is 0 Å². The van der Waals surface area contributed by atoms with Crippen LogP contribution < -0.4 is 0 Å². The second-order valence-electron chi connectivity index (χ2n) is 2.48. The van der Waals surface area contributed by atoms with Crippen molar-refractivity contribution in [1.29, 1.82) is 0 Å². The van der Waals surface area contributed by atoms with Gasteiger partial charge in [0, 0.05) is 0 Å². The van der Waals surface area contributed by atoms with Crippen LogP contribution in [0.3, 0.4) is 0 Å². The van der Waals surface area contributed by atoms with Crippen molar-refractivity contribution in [2.24, 2.45) is 0 Å². The van der Waals surface area contributed by atoms with E-state index in [4.69, 9.17) is 0 Å². The molecule has 0 nitrogen and oxygen atoms in total. The minimum absolute atomic E-state index is 0.389. The van der Waals surface area contributed by atoms with Gasteiger partial charge in [0.2, 0.25) is 0 Å². The molecule has 0 bridgehead atoms. The van der Waals surface area contributed by atoms with Crippen molar-refractivity contribution in [3.63, 3.8) is 0 Å². The minimum atomic E-state index is 0.389. The van der Waals surface area contributed by atoms with Gasteiger partial charge < -0.3 is 0 Å². The Morgan fingerprint density at radius 3 is 1.14 bits per heavy atom. The summed E-state index contributed by atoms with van der Waals surface area (Å²) in [5, 5.41) is 0.